The molecule has 0 atom stereocenters. The Morgan fingerprint density at radius 1 is 1.03 bits per heavy atom. The minimum atomic E-state index is -0.552. The van der Waals surface area contributed by atoms with Crippen LogP contribution in [0.4, 0.5) is 5.69 Å². The molecule has 0 radical (unpaired) electrons. The lowest BCUT2D eigenvalue weighted by Gasteiger charge is -2.18. The molecule has 8 heteroatoms. The number of nitrogens with zero attached hydrogens (tertiary/aromatic N) is 3. The van der Waals surface area contributed by atoms with E-state index in [1.54, 1.807) is 31.3 Å². The molecule has 1 aromatic heterocycles. The second-order valence-electron chi connectivity index (χ2n) is 7.21. The van der Waals surface area contributed by atoms with Crippen molar-refractivity contribution in [3.8, 4) is 0 Å². The molecular weight excluding hydrogens is 386 g/mol. The van der Waals surface area contributed by atoms with E-state index in [0.717, 1.165) is 11.3 Å². The summed E-state index contributed by atoms with van der Waals surface area (Å²) in [6.07, 6.45) is -0.0353. The number of esters is 1. The third-order valence-electron chi connectivity index (χ3n) is 4.77. The van der Waals surface area contributed by atoms with E-state index in [4.69, 9.17) is 9.15 Å². The van der Waals surface area contributed by atoms with Crippen LogP contribution in [-0.4, -0.2) is 49.1 Å². The summed E-state index contributed by atoms with van der Waals surface area (Å²) in [6, 6.07) is 14.9. The summed E-state index contributed by atoms with van der Waals surface area (Å²) >= 11 is 0. The van der Waals surface area contributed by atoms with Gasteiger partial charge in [-0.05, 0) is 29.8 Å². The van der Waals surface area contributed by atoms with Crippen LogP contribution in [0.15, 0.2) is 57.7 Å². The highest BCUT2D eigenvalue weighted by Crippen LogP contribution is 2.14. The number of carbonyl (C=O) groups is 2. The van der Waals surface area contributed by atoms with Crippen molar-refractivity contribution in [3.63, 3.8) is 0 Å². The topological polar surface area (TPSA) is 85.0 Å². The molecule has 30 heavy (non-hydrogen) atoms. The van der Waals surface area contributed by atoms with Gasteiger partial charge >= 0.3 is 11.7 Å². The van der Waals surface area contributed by atoms with E-state index < -0.39 is 11.7 Å². The zero-order valence-corrected chi connectivity index (χ0v) is 17.3. The quantitative estimate of drug-likeness (QED) is 0.529. The van der Waals surface area contributed by atoms with Crippen LogP contribution in [0.1, 0.15) is 12.0 Å². The van der Waals surface area contributed by atoms with Gasteiger partial charge in [0.25, 0.3) is 5.91 Å². The molecule has 0 aliphatic rings. The number of likely N-dealkylation sites (N-methyl/N-ethyl adjacent to an activating group) is 1. The van der Waals surface area contributed by atoms with Crippen molar-refractivity contribution < 1.29 is 18.7 Å². The molecule has 0 spiro atoms. The normalized spacial score (nSPS) is 10.8. The standard InChI is InChI=1S/C22H25N3O5/c1-23(2)17-10-8-16(9-11-17)14-24(3)20(26)15-29-21(27)12-13-25-18-6-4-5-7-19(18)30-22(25)28/h4-11H,12-15H2,1-3H3. The average Bonchev–Trinajstić information content (AvgIpc) is 3.05. The van der Waals surface area contributed by atoms with Gasteiger partial charge in [0.15, 0.2) is 12.2 Å². The van der Waals surface area contributed by atoms with Crippen LogP contribution < -0.4 is 10.7 Å². The summed E-state index contributed by atoms with van der Waals surface area (Å²) in [5.41, 5.74) is 3.14. The highest BCUT2D eigenvalue weighted by Gasteiger charge is 2.14. The Balaban J connectivity index is 1.47. The van der Waals surface area contributed by atoms with E-state index in [9.17, 15) is 14.4 Å². The largest absolute Gasteiger partial charge is 0.456 e. The molecule has 0 aliphatic heterocycles. The van der Waals surface area contributed by atoms with Gasteiger partial charge in [-0.25, -0.2) is 4.79 Å². The molecule has 3 aromatic rings. The first kappa shape index (κ1) is 21.2. The zero-order chi connectivity index (χ0) is 21.7. The van der Waals surface area contributed by atoms with Gasteiger partial charge in [0.2, 0.25) is 0 Å². The van der Waals surface area contributed by atoms with Gasteiger partial charge in [-0.3, -0.25) is 14.2 Å². The fourth-order valence-corrected chi connectivity index (χ4v) is 3.01. The Labute approximate surface area is 174 Å². The first-order chi connectivity index (χ1) is 14.3. The maximum atomic E-state index is 12.3. The highest BCUT2D eigenvalue weighted by molar-refractivity contribution is 5.80. The van der Waals surface area contributed by atoms with Crippen molar-refractivity contribution in [2.24, 2.45) is 0 Å². The van der Waals surface area contributed by atoms with Crippen LogP contribution in [0.5, 0.6) is 0 Å². The second kappa shape index (κ2) is 9.30. The number of hydrogen-bond acceptors (Lipinski definition) is 6. The minimum Gasteiger partial charge on any atom is -0.456 e. The summed E-state index contributed by atoms with van der Waals surface area (Å²) < 4.78 is 11.6. The van der Waals surface area contributed by atoms with Crippen LogP contribution in [0.25, 0.3) is 11.1 Å². The lowest BCUT2D eigenvalue weighted by atomic mass is 10.2. The third kappa shape index (κ3) is 5.08. The van der Waals surface area contributed by atoms with E-state index in [1.807, 2.05) is 43.3 Å². The van der Waals surface area contributed by atoms with E-state index in [0.29, 0.717) is 17.6 Å². The predicted octanol–water partition coefficient (Wildman–Crippen LogP) is 2.25. The van der Waals surface area contributed by atoms with Gasteiger partial charge in [0, 0.05) is 39.9 Å². The first-order valence-corrected chi connectivity index (χ1v) is 9.59. The van der Waals surface area contributed by atoms with Crippen LogP contribution in [-0.2, 0) is 27.4 Å². The van der Waals surface area contributed by atoms with Crippen molar-refractivity contribution in [3.05, 3.63) is 64.6 Å². The molecule has 0 saturated heterocycles. The summed E-state index contributed by atoms with van der Waals surface area (Å²) in [5.74, 6) is -1.38. The lowest BCUT2D eigenvalue weighted by molar-refractivity contribution is -0.151. The van der Waals surface area contributed by atoms with Gasteiger partial charge in [0.1, 0.15) is 0 Å². The second-order valence-corrected chi connectivity index (χ2v) is 7.21. The van der Waals surface area contributed by atoms with Crippen molar-refractivity contribution in [1.82, 2.24) is 9.47 Å². The Morgan fingerprint density at radius 3 is 2.43 bits per heavy atom. The number of carbonyl (C=O) groups excluding carboxylic acids is 2. The lowest BCUT2D eigenvalue weighted by Crippen LogP contribution is -2.31. The maximum absolute atomic E-state index is 12.3. The van der Waals surface area contributed by atoms with Gasteiger partial charge in [-0.1, -0.05) is 24.3 Å². The molecule has 2 aromatic carbocycles. The van der Waals surface area contributed by atoms with E-state index in [1.165, 1.54) is 9.47 Å². The number of fused-ring (bicyclic) bond motifs is 1. The number of benzene rings is 2. The molecule has 0 bridgehead atoms. The summed E-state index contributed by atoms with van der Waals surface area (Å²) in [6.45, 7) is 0.198. The molecule has 0 saturated carbocycles. The van der Waals surface area contributed by atoms with Crippen molar-refractivity contribution in [1.29, 1.82) is 0 Å². The molecular formula is C22H25N3O5. The maximum Gasteiger partial charge on any atom is 0.419 e. The Kier molecular flexibility index (Phi) is 6.56. The number of rotatable bonds is 8. The van der Waals surface area contributed by atoms with E-state index in [2.05, 4.69) is 0 Å². The fourth-order valence-electron chi connectivity index (χ4n) is 3.01. The average molecular weight is 411 g/mol. The molecule has 3 rings (SSSR count). The number of aromatic nitrogens is 1. The van der Waals surface area contributed by atoms with Gasteiger partial charge < -0.3 is 19.0 Å². The van der Waals surface area contributed by atoms with Gasteiger partial charge in [-0.2, -0.15) is 0 Å². The summed E-state index contributed by atoms with van der Waals surface area (Å²) in [5, 5.41) is 0. The van der Waals surface area contributed by atoms with Gasteiger partial charge in [-0.15, -0.1) is 0 Å². The Morgan fingerprint density at radius 2 is 1.73 bits per heavy atom. The van der Waals surface area contributed by atoms with Crippen molar-refractivity contribution in [2.75, 3.05) is 32.6 Å². The summed E-state index contributed by atoms with van der Waals surface area (Å²) in [7, 11) is 5.59. The molecule has 1 heterocycles. The molecule has 1 amide bonds. The smallest absolute Gasteiger partial charge is 0.419 e. The van der Waals surface area contributed by atoms with E-state index in [-0.39, 0.29) is 25.5 Å². The molecule has 8 nitrogen and oxygen atoms in total. The number of aryl methyl sites for hydroxylation is 1. The first-order valence-electron chi connectivity index (χ1n) is 9.59. The SMILES string of the molecule is CN(Cc1ccc(N(C)C)cc1)C(=O)COC(=O)CCn1c(=O)oc2ccccc21. The fraction of sp³-hybridized carbons (Fsp3) is 0.318. The zero-order valence-electron chi connectivity index (χ0n) is 17.3. The number of anilines is 1. The third-order valence-corrected chi connectivity index (χ3v) is 4.77. The van der Waals surface area contributed by atoms with Crippen LogP contribution in [0.3, 0.4) is 0 Å². The number of oxazole rings is 1. The van der Waals surface area contributed by atoms with Crippen LogP contribution in [0, 0.1) is 0 Å². The highest BCUT2D eigenvalue weighted by atomic mass is 16.5. The minimum absolute atomic E-state index is 0.0353. The summed E-state index contributed by atoms with van der Waals surface area (Å²) in [4.78, 5) is 39.7. The monoisotopic (exact) mass is 411 g/mol. The van der Waals surface area contributed by atoms with Crippen LogP contribution in [0.2, 0.25) is 0 Å². The predicted molar refractivity (Wildman–Crippen MR) is 113 cm³/mol. The Bertz CT molecular complexity index is 1080. The van der Waals surface area contributed by atoms with Gasteiger partial charge in [0.05, 0.1) is 11.9 Å². The molecule has 0 fully saturated rings. The van der Waals surface area contributed by atoms with Crippen molar-refractivity contribution in [2.45, 2.75) is 19.5 Å². The number of ether oxygens (including phenoxy) is 1. The number of hydrogen-bond donors (Lipinski definition) is 0. The number of amides is 1. The molecule has 0 N–H and O–H groups in total. The Hall–Kier alpha value is -3.55. The van der Waals surface area contributed by atoms with Crippen LogP contribution >= 0.6 is 0 Å². The molecule has 158 valence electrons. The van der Waals surface area contributed by atoms with E-state index >= 15 is 0 Å². The molecule has 0 unspecified atom stereocenters. The number of para-hydroxylation sites is 2. The van der Waals surface area contributed by atoms with Crippen molar-refractivity contribution >= 4 is 28.7 Å². The molecule has 0 aliphatic carbocycles.